The summed E-state index contributed by atoms with van der Waals surface area (Å²) >= 11 is 0. The summed E-state index contributed by atoms with van der Waals surface area (Å²) in [5.41, 5.74) is 0.471. The van der Waals surface area contributed by atoms with E-state index in [0.29, 0.717) is 12.2 Å². The summed E-state index contributed by atoms with van der Waals surface area (Å²) in [6.45, 7) is 0.481. The van der Waals surface area contributed by atoms with Gasteiger partial charge in [-0.3, -0.25) is 0 Å². The standard InChI is InChI=1S/C15H15F2NO3S/c1-22(19,20)15-5-3-2-4-14(15)18-8-9-21-11-6-7-12(16)13(17)10-11/h2-7,10,18H,8-9H2,1H3. The molecule has 0 saturated heterocycles. The summed E-state index contributed by atoms with van der Waals surface area (Å²) in [6, 6.07) is 9.77. The van der Waals surface area contributed by atoms with Crippen molar-refractivity contribution in [1.82, 2.24) is 0 Å². The molecule has 4 nitrogen and oxygen atoms in total. The minimum Gasteiger partial charge on any atom is -0.492 e. The van der Waals surface area contributed by atoms with Crippen LogP contribution in [0.1, 0.15) is 0 Å². The number of ether oxygens (including phenoxy) is 1. The van der Waals surface area contributed by atoms with Crippen LogP contribution in [-0.2, 0) is 9.84 Å². The average Bonchev–Trinajstić information content (AvgIpc) is 2.46. The summed E-state index contributed by atoms with van der Waals surface area (Å²) in [7, 11) is -3.33. The van der Waals surface area contributed by atoms with E-state index in [-0.39, 0.29) is 17.3 Å². The Balaban J connectivity index is 1.93. The third-order valence-electron chi connectivity index (χ3n) is 2.86. The van der Waals surface area contributed by atoms with Crippen molar-refractivity contribution in [2.24, 2.45) is 0 Å². The van der Waals surface area contributed by atoms with Crippen molar-refractivity contribution in [2.75, 3.05) is 24.7 Å². The Morgan fingerprint density at radius 1 is 1.09 bits per heavy atom. The van der Waals surface area contributed by atoms with Crippen molar-refractivity contribution in [1.29, 1.82) is 0 Å². The van der Waals surface area contributed by atoms with Crippen LogP contribution in [0, 0.1) is 11.6 Å². The summed E-state index contributed by atoms with van der Waals surface area (Å²) < 4.78 is 54.3. The molecular formula is C15H15F2NO3S. The maximum Gasteiger partial charge on any atom is 0.177 e. The highest BCUT2D eigenvalue weighted by Crippen LogP contribution is 2.20. The molecule has 1 N–H and O–H groups in total. The Labute approximate surface area is 127 Å². The number of hydrogen-bond donors (Lipinski definition) is 1. The monoisotopic (exact) mass is 327 g/mol. The van der Waals surface area contributed by atoms with Gasteiger partial charge in [0.2, 0.25) is 0 Å². The van der Waals surface area contributed by atoms with E-state index in [9.17, 15) is 17.2 Å². The summed E-state index contributed by atoms with van der Waals surface area (Å²) in [5.74, 6) is -1.71. The highest BCUT2D eigenvalue weighted by atomic mass is 32.2. The van der Waals surface area contributed by atoms with E-state index in [1.807, 2.05) is 0 Å². The SMILES string of the molecule is CS(=O)(=O)c1ccccc1NCCOc1ccc(F)c(F)c1. The predicted molar refractivity (Wildman–Crippen MR) is 79.9 cm³/mol. The lowest BCUT2D eigenvalue weighted by atomic mass is 10.3. The maximum absolute atomic E-state index is 13.0. The van der Waals surface area contributed by atoms with Crippen molar-refractivity contribution >= 4 is 15.5 Å². The molecule has 0 aliphatic rings. The van der Waals surface area contributed by atoms with E-state index in [2.05, 4.69) is 5.32 Å². The van der Waals surface area contributed by atoms with Gasteiger partial charge in [-0.2, -0.15) is 0 Å². The molecule has 0 atom stereocenters. The summed E-state index contributed by atoms with van der Waals surface area (Å²) in [5, 5.41) is 2.94. The molecule has 0 aliphatic heterocycles. The zero-order valence-electron chi connectivity index (χ0n) is 11.8. The van der Waals surface area contributed by atoms with Gasteiger partial charge in [0.05, 0.1) is 10.6 Å². The molecule has 0 saturated carbocycles. The van der Waals surface area contributed by atoms with E-state index >= 15 is 0 Å². The van der Waals surface area contributed by atoms with E-state index < -0.39 is 21.5 Å². The molecule has 2 aromatic carbocycles. The Kier molecular flexibility index (Phi) is 4.97. The Morgan fingerprint density at radius 3 is 2.50 bits per heavy atom. The van der Waals surface area contributed by atoms with Crippen LogP contribution in [0.5, 0.6) is 5.75 Å². The van der Waals surface area contributed by atoms with Gasteiger partial charge in [-0.1, -0.05) is 12.1 Å². The van der Waals surface area contributed by atoms with E-state index in [0.717, 1.165) is 18.4 Å². The predicted octanol–water partition coefficient (Wildman–Crippen LogP) is 2.86. The molecular weight excluding hydrogens is 312 g/mol. The van der Waals surface area contributed by atoms with E-state index in [1.54, 1.807) is 18.2 Å². The van der Waals surface area contributed by atoms with Gasteiger partial charge in [-0.25, -0.2) is 17.2 Å². The molecule has 0 aromatic heterocycles. The topological polar surface area (TPSA) is 55.4 Å². The van der Waals surface area contributed by atoms with Crippen LogP contribution in [0.15, 0.2) is 47.4 Å². The van der Waals surface area contributed by atoms with Crippen molar-refractivity contribution < 1.29 is 21.9 Å². The third kappa shape index (κ3) is 4.17. The van der Waals surface area contributed by atoms with Crippen molar-refractivity contribution in [3.05, 3.63) is 54.1 Å². The molecule has 0 heterocycles. The van der Waals surface area contributed by atoms with E-state index in [4.69, 9.17) is 4.74 Å². The van der Waals surface area contributed by atoms with Crippen molar-refractivity contribution in [2.45, 2.75) is 4.90 Å². The molecule has 7 heteroatoms. The van der Waals surface area contributed by atoms with Crippen LogP contribution < -0.4 is 10.1 Å². The lowest BCUT2D eigenvalue weighted by Crippen LogP contribution is -2.13. The molecule has 22 heavy (non-hydrogen) atoms. The summed E-state index contributed by atoms with van der Waals surface area (Å²) in [4.78, 5) is 0.197. The number of hydrogen-bond acceptors (Lipinski definition) is 4. The average molecular weight is 327 g/mol. The van der Waals surface area contributed by atoms with Crippen molar-refractivity contribution in [3.8, 4) is 5.75 Å². The Hall–Kier alpha value is -2.15. The van der Waals surface area contributed by atoms with Crippen LogP contribution in [-0.4, -0.2) is 27.8 Å². The fourth-order valence-corrected chi connectivity index (χ4v) is 2.72. The highest BCUT2D eigenvalue weighted by Gasteiger charge is 2.11. The van der Waals surface area contributed by atoms with Gasteiger partial charge >= 0.3 is 0 Å². The van der Waals surface area contributed by atoms with Gasteiger partial charge < -0.3 is 10.1 Å². The van der Waals surface area contributed by atoms with Crippen LogP contribution >= 0.6 is 0 Å². The lowest BCUT2D eigenvalue weighted by Gasteiger charge is -2.11. The van der Waals surface area contributed by atoms with Gasteiger partial charge in [0, 0.05) is 18.9 Å². The van der Waals surface area contributed by atoms with Gasteiger partial charge in [-0.05, 0) is 24.3 Å². The first kappa shape index (κ1) is 16.2. The minimum atomic E-state index is -3.33. The number of rotatable bonds is 6. The zero-order valence-corrected chi connectivity index (χ0v) is 12.7. The zero-order chi connectivity index (χ0) is 16.2. The second kappa shape index (κ2) is 6.74. The molecule has 0 bridgehead atoms. The second-order valence-corrected chi connectivity index (χ2v) is 6.60. The molecule has 0 fully saturated rings. The normalized spacial score (nSPS) is 11.2. The highest BCUT2D eigenvalue weighted by molar-refractivity contribution is 7.90. The number of halogens is 2. The fraction of sp³-hybridized carbons (Fsp3) is 0.200. The van der Waals surface area contributed by atoms with Crippen LogP contribution in [0.25, 0.3) is 0 Å². The minimum absolute atomic E-state index is 0.170. The number of para-hydroxylation sites is 1. The number of benzene rings is 2. The largest absolute Gasteiger partial charge is 0.492 e. The van der Waals surface area contributed by atoms with Gasteiger partial charge in [-0.15, -0.1) is 0 Å². The third-order valence-corrected chi connectivity index (χ3v) is 4.02. The smallest absolute Gasteiger partial charge is 0.177 e. The van der Waals surface area contributed by atoms with Crippen LogP contribution in [0.3, 0.4) is 0 Å². The van der Waals surface area contributed by atoms with E-state index in [1.165, 1.54) is 12.1 Å². The first-order valence-corrected chi connectivity index (χ1v) is 8.38. The Morgan fingerprint density at radius 2 is 1.82 bits per heavy atom. The molecule has 0 amide bonds. The molecule has 2 rings (SSSR count). The van der Waals surface area contributed by atoms with Crippen LogP contribution in [0.2, 0.25) is 0 Å². The molecule has 0 spiro atoms. The molecule has 0 radical (unpaired) electrons. The molecule has 0 aliphatic carbocycles. The molecule has 0 unspecified atom stereocenters. The van der Waals surface area contributed by atoms with Crippen LogP contribution in [0.4, 0.5) is 14.5 Å². The molecule has 118 valence electrons. The van der Waals surface area contributed by atoms with Gasteiger partial charge in [0.1, 0.15) is 12.4 Å². The van der Waals surface area contributed by atoms with Gasteiger partial charge in [0.25, 0.3) is 0 Å². The fourth-order valence-electron chi connectivity index (χ4n) is 1.86. The molecule has 2 aromatic rings. The first-order valence-electron chi connectivity index (χ1n) is 6.49. The number of anilines is 1. The second-order valence-electron chi connectivity index (χ2n) is 4.62. The van der Waals surface area contributed by atoms with Crippen molar-refractivity contribution in [3.63, 3.8) is 0 Å². The quantitative estimate of drug-likeness (QED) is 0.829. The maximum atomic E-state index is 13.0. The van der Waals surface area contributed by atoms with Gasteiger partial charge in [0.15, 0.2) is 21.5 Å². The summed E-state index contributed by atoms with van der Waals surface area (Å²) in [6.07, 6.45) is 1.13. The number of sulfone groups is 1. The Bertz CT molecular complexity index is 763. The lowest BCUT2D eigenvalue weighted by molar-refractivity contribution is 0.329. The first-order chi connectivity index (χ1) is 10.4. The number of nitrogens with one attached hydrogen (secondary N) is 1.